The molecule has 1 aromatic carbocycles. The Bertz CT molecular complexity index is 677. The van der Waals surface area contributed by atoms with Crippen LogP contribution in [-0.2, 0) is 0 Å². The number of amides is 1. The van der Waals surface area contributed by atoms with Gasteiger partial charge in [0.05, 0.1) is 5.69 Å². The number of nitrogens with one attached hydrogen (secondary N) is 1. The molecule has 0 aliphatic carbocycles. The van der Waals surface area contributed by atoms with Crippen LogP contribution in [0.25, 0.3) is 0 Å². The molecule has 0 unspecified atom stereocenters. The summed E-state index contributed by atoms with van der Waals surface area (Å²) in [4.78, 5) is 15.8. The number of carbonyl (C=O) groups excluding carboxylic acids is 1. The number of alkyl halides is 3. The van der Waals surface area contributed by atoms with Crippen LogP contribution < -0.4 is 10.1 Å². The van der Waals surface area contributed by atoms with Gasteiger partial charge in [-0.05, 0) is 24.3 Å². The molecule has 1 aromatic heterocycles. The van der Waals surface area contributed by atoms with Gasteiger partial charge in [0, 0.05) is 11.8 Å². The summed E-state index contributed by atoms with van der Waals surface area (Å²) in [5.74, 6) is -0.610. The van der Waals surface area contributed by atoms with Crippen molar-refractivity contribution in [3.63, 3.8) is 0 Å². The van der Waals surface area contributed by atoms with Crippen LogP contribution in [0.2, 0.25) is 5.15 Å². The van der Waals surface area contributed by atoms with Crippen molar-refractivity contribution >= 4 is 23.2 Å². The number of rotatable bonds is 4. The molecule has 0 fully saturated rings. The number of hydrogen-bond donors (Lipinski definition) is 1. The summed E-state index contributed by atoms with van der Waals surface area (Å²) in [6.07, 6.45) is -3.11. The van der Waals surface area contributed by atoms with Crippen molar-refractivity contribution < 1.29 is 22.7 Å². The summed E-state index contributed by atoms with van der Waals surface area (Å²) >= 11 is 5.68. The SMILES string of the molecule is O=C(Nc1ccccc1OCC(F)(F)F)c1ccnc(Cl)c1. The van der Waals surface area contributed by atoms with E-state index in [2.05, 4.69) is 15.0 Å². The maximum atomic E-state index is 12.2. The van der Waals surface area contributed by atoms with E-state index < -0.39 is 18.7 Å². The smallest absolute Gasteiger partial charge is 0.422 e. The van der Waals surface area contributed by atoms with Crippen LogP contribution in [0, 0.1) is 0 Å². The highest BCUT2D eigenvalue weighted by Crippen LogP contribution is 2.26. The largest absolute Gasteiger partial charge is 0.482 e. The lowest BCUT2D eigenvalue weighted by Crippen LogP contribution is -2.20. The Kier molecular flexibility index (Phi) is 4.87. The Morgan fingerprint density at radius 1 is 1.27 bits per heavy atom. The molecule has 4 nitrogen and oxygen atoms in total. The van der Waals surface area contributed by atoms with Crippen LogP contribution >= 0.6 is 11.6 Å². The van der Waals surface area contributed by atoms with Gasteiger partial charge >= 0.3 is 6.18 Å². The molecule has 0 saturated carbocycles. The number of para-hydroxylation sites is 2. The third-order valence-corrected chi connectivity index (χ3v) is 2.72. The first kappa shape index (κ1) is 16.1. The monoisotopic (exact) mass is 330 g/mol. The average molecular weight is 331 g/mol. The highest BCUT2D eigenvalue weighted by Gasteiger charge is 2.28. The fraction of sp³-hybridized carbons (Fsp3) is 0.143. The van der Waals surface area contributed by atoms with Crippen LogP contribution in [0.15, 0.2) is 42.6 Å². The molecule has 2 aromatic rings. The van der Waals surface area contributed by atoms with Gasteiger partial charge in [-0.2, -0.15) is 13.2 Å². The lowest BCUT2D eigenvalue weighted by Gasteiger charge is -2.13. The lowest BCUT2D eigenvalue weighted by molar-refractivity contribution is -0.153. The van der Waals surface area contributed by atoms with Crippen molar-refractivity contribution in [2.75, 3.05) is 11.9 Å². The zero-order valence-electron chi connectivity index (χ0n) is 11.0. The van der Waals surface area contributed by atoms with Crippen molar-refractivity contribution in [1.82, 2.24) is 4.98 Å². The van der Waals surface area contributed by atoms with Crippen LogP contribution in [0.1, 0.15) is 10.4 Å². The normalized spacial score (nSPS) is 11.1. The van der Waals surface area contributed by atoms with E-state index in [4.69, 9.17) is 11.6 Å². The van der Waals surface area contributed by atoms with Crippen LogP contribution in [-0.4, -0.2) is 23.7 Å². The molecule has 0 spiro atoms. The maximum absolute atomic E-state index is 12.2. The second-order valence-corrected chi connectivity index (χ2v) is 4.61. The fourth-order valence-corrected chi connectivity index (χ4v) is 1.77. The van der Waals surface area contributed by atoms with Crippen molar-refractivity contribution in [3.8, 4) is 5.75 Å². The molecule has 0 aliphatic rings. The summed E-state index contributed by atoms with van der Waals surface area (Å²) < 4.78 is 41.3. The van der Waals surface area contributed by atoms with Crippen LogP contribution in [0.5, 0.6) is 5.75 Å². The third kappa shape index (κ3) is 4.63. The van der Waals surface area contributed by atoms with E-state index >= 15 is 0 Å². The van der Waals surface area contributed by atoms with E-state index in [1.807, 2.05) is 0 Å². The summed E-state index contributed by atoms with van der Waals surface area (Å²) in [6, 6.07) is 8.62. The van der Waals surface area contributed by atoms with Gasteiger partial charge in [-0.3, -0.25) is 4.79 Å². The predicted molar refractivity (Wildman–Crippen MR) is 75.2 cm³/mol. The second-order valence-electron chi connectivity index (χ2n) is 4.22. The zero-order chi connectivity index (χ0) is 16.2. The maximum Gasteiger partial charge on any atom is 0.422 e. The van der Waals surface area contributed by atoms with E-state index in [0.717, 1.165) is 0 Å². The van der Waals surface area contributed by atoms with Gasteiger partial charge < -0.3 is 10.1 Å². The molecule has 0 atom stereocenters. The van der Waals surface area contributed by atoms with Crippen LogP contribution in [0.3, 0.4) is 0 Å². The molecule has 2 rings (SSSR count). The molecule has 8 heteroatoms. The molecule has 0 aliphatic heterocycles. The number of pyridine rings is 1. The Morgan fingerprint density at radius 2 is 2.00 bits per heavy atom. The van der Waals surface area contributed by atoms with Crippen LogP contribution in [0.4, 0.5) is 18.9 Å². The molecule has 0 radical (unpaired) electrons. The van der Waals surface area contributed by atoms with Gasteiger partial charge in [0.15, 0.2) is 6.61 Å². The number of benzene rings is 1. The predicted octanol–water partition coefficient (Wildman–Crippen LogP) is 3.93. The van der Waals surface area contributed by atoms with Gasteiger partial charge in [-0.25, -0.2) is 4.98 Å². The number of aromatic nitrogens is 1. The summed E-state index contributed by atoms with van der Waals surface area (Å²) in [5.41, 5.74) is 0.357. The quantitative estimate of drug-likeness (QED) is 0.864. The minimum atomic E-state index is -4.46. The van der Waals surface area contributed by atoms with E-state index in [1.165, 1.54) is 36.5 Å². The molecule has 0 bridgehead atoms. The number of anilines is 1. The highest BCUT2D eigenvalue weighted by atomic mass is 35.5. The molecule has 1 amide bonds. The molecule has 0 saturated heterocycles. The minimum absolute atomic E-state index is 0.0756. The van der Waals surface area contributed by atoms with Gasteiger partial charge in [0.2, 0.25) is 0 Å². The first-order valence-electron chi connectivity index (χ1n) is 6.06. The number of ether oxygens (including phenoxy) is 1. The zero-order valence-corrected chi connectivity index (χ0v) is 11.8. The van der Waals surface area contributed by atoms with Crippen molar-refractivity contribution in [1.29, 1.82) is 0 Å². The summed E-state index contributed by atoms with van der Waals surface area (Å²) in [6.45, 7) is -1.44. The Labute approximate surface area is 128 Å². The molecule has 1 N–H and O–H groups in total. The Balaban J connectivity index is 2.14. The number of carbonyl (C=O) groups is 1. The fourth-order valence-electron chi connectivity index (χ4n) is 1.59. The average Bonchev–Trinajstić information content (AvgIpc) is 2.45. The van der Waals surface area contributed by atoms with Gasteiger partial charge in [-0.15, -0.1) is 0 Å². The first-order chi connectivity index (χ1) is 10.3. The Hall–Kier alpha value is -2.28. The van der Waals surface area contributed by atoms with E-state index in [0.29, 0.717) is 0 Å². The topological polar surface area (TPSA) is 51.2 Å². The molecule has 116 valence electrons. The highest BCUT2D eigenvalue weighted by molar-refractivity contribution is 6.29. The molecular formula is C14H10ClF3N2O2. The Morgan fingerprint density at radius 3 is 2.68 bits per heavy atom. The summed E-state index contributed by atoms with van der Waals surface area (Å²) in [5, 5.41) is 2.61. The lowest BCUT2D eigenvalue weighted by atomic mass is 10.2. The number of nitrogens with zero attached hydrogens (tertiary/aromatic N) is 1. The van der Waals surface area contributed by atoms with Gasteiger partial charge in [0.25, 0.3) is 5.91 Å². The third-order valence-electron chi connectivity index (χ3n) is 2.52. The van der Waals surface area contributed by atoms with E-state index in [9.17, 15) is 18.0 Å². The van der Waals surface area contributed by atoms with Crippen molar-refractivity contribution in [2.24, 2.45) is 0 Å². The van der Waals surface area contributed by atoms with Crippen molar-refractivity contribution in [3.05, 3.63) is 53.3 Å². The molecule has 22 heavy (non-hydrogen) atoms. The number of halogens is 4. The van der Waals surface area contributed by atoms with E-state index in [-0.39, 0.29) is 22.2 Å². The summed E-state index contributed by atoms with van der Waals surface area (Å²) in [7, 11) is 0. The second kappa shape index (κ2) is 6.65. The van der Waals surface area contributed by atoms with Crippen molar-refractivity contribution in [2.45, 2.75) is 6.18 Å². The minimum Gasteiger partial charge on any atom is -0.482 e. The standard InChI is InChI=1S/C14H10ClF3N2O2/c15-12-7-9(5-6-19-12)13(21)20-10-3-1-2-4-11(10)22-8-14(16,17)18/h1-7H,8H2,(H,20,21). The molecule has 1 heterocycles. The first-order valence-corrected chi connectivity index (χ1v) is 6.44. The number of hydrogen-bond acceptors (Lipinski definition) is 3. The van der Waals surface area contributed by atoms with Gasteiger partial charge in [0.1, 0.15) is 10.9 Å². The molecular weight excluding hydrogens is 321 g/mol. The van der Waals surface area contributed by atoms with Gasteiger partial charge in [-0.1, -0.05) is 23.7 Å². The van der Waals surface area contributed by atoms with E-state index in [1.54, 1.807) is 6.07 Å².